The van der Waals surface area contributed by atoms with Gasteiger partial charge in [-0.2, -0.15) is 0 Å². The molecular weight excluding hydrogens is 321 g/mol. The van der Waals surface area contributed by atoms with Gasteiger partial charge in [-0.05, 0) is 42.5 Å². The number of fused-ring (bicyclic) bond motifs is 1. The third-order valence-electron chi connectivity index (χ3n) is 3.42. The first-order valence-corrected chi connectivity index (χ1v) is 7.80. The molecule has 1 heterocycles. The Morgan fingerprint density at radius 1 is 1.00 bits per heavy atom. The van der Waals surface area contributed by atoms with Crippen LogP contribution in [0.25, 0.3) is 17.0 Å². The molecule has 0 fully saturated rings. The Labute approximate surface area is 144 Å². The van der Waals surface area contributed by atoms with Crippen molar-refractivity contribution < 1.29 is 18.7 Å². The Morgan fingerprint density at radius 2 is 1.80 bits per heavy atom. The number of nitrogens with zero attached hydrogens (tertiary/aromatic N) is 1. The van der Waals surface area contributed by atoms with Gasteiger partial charge in [0.15, 0.2) is 0 Å². The number of aromatic nitrogens is 1. The van der Waals surface area contributed by atoms with Crippen LogP contribution >= 0.6 is 0 Å². The lowest BCUT2D eigenvalue weighted by Crippen LogP contribution is -2.10. The van der Waals surface area contributed by atoms with Crippen LogP contribution < -0.4 is 4.74 Å². The van der Waals surface area contributed by atoms with Crippen LogP contribution in [0, 0.1) is 5.82 Å². The van der Waals surface area contributed by atoms with Gasteiger partial charge in [0.05, 0.1) is 11.2 Å². The molecule has 5 heteroatoms. The van der Waals surface area contributed by atoms with E-state index in [-0.39, 0.29) is 19.0 Å². The molecule has 0 radical (unpaired) electrons. The van der Waals surface area contributed by atoms with E-state index < -0.39 is 5.97 Å². The number of ether oxygens (including phenoxy) is 2. The van der Waals surface area contributed by atoms with E-state index in [0.717, 1.165) is 10.9 Å². The molecule has 0 atom stereocenters. The van der Waals surface area contributed by atoms with E-state index in [0.29, 0.717) is 11.4 Å². The van der Waals surface area contributed by atoms with Gasteiger partial charge in [0, 0.05) is 11.5 Å². The molecule has 3 aromatic rings. The van der Waals surface area contributed by atoms with E-state index in [4.69, 9.17) is 9.47 Å². The van der Waals surface area contributed by atoms with Crippen LogP contribution in [0.15, 0.2) is 66.7 Å². The van der Waals surface area contributed by atoms with Gasteiger partial charge in [0.1, 0.15) is 24.8 Å². The third kappa shape index (κ3) is 4.88. The van der Waals surface area contributed by atoms with E-state index in [2.05, 4.69) is 4.98 Å². The molecule has 25 heavy (non-hydrogen) atoms. The highest BCUT2D eigenvalue weighted by Crippen LogP contribution is 2.13. The first-order valence-electron chi connectivity index (χ1n) is 7.80. The fraction of sp³-hybridized carbons (Fsp3) is 0.100. The predicted molar refractivity (Wildman–Crippen MR) is 93.6 cm³/mol. The molecule has 126 valence electrons. The van der Waals surface area contributed by atoms with Gasteiger partial charge >= 0.3 is 5.97 Å². The van der Waals surface area contributed by atoms with E-state index in [1.807, 2.05) is 36.4 Å². The predicted octanol–water partition coefficient (Wildman–Crippen LogP) is 4.01. The fourth-order valence-corrected chi connectivity index (χ4v) is 2.21. The van der Waals surface area contributed by atoms with E-state index in [1.54, 1.807) is 6.08 Å². The van der Waals surface area contributed by atoms with Crippen LogP contribution in [0.1, 0.15) is 5.69 Å². The molecule has 0 unspecified atom stereocenters. The van der Waals surface area contributed by atoms with Gasteiger partial charge in [0.2, 0.25) is 0 Å². The van der Waals surface area contributed by atoms with Crippen LogP contribution in [0.4, 0.5) is 4.39 Å². The van der Waals surface area contributed by atoms with Gasteiger partial charge in [-0.1, -0.05) is 24.3 Å². The summed E-state index contributed by atoms with van der Waals surface area (Å²) in [6.45, 7) is 0.297. The lowest BCUT2D eigenvalue weighted by Gasteiger charge is -2.06. The summed E-state index contributed by atoms with van der Waals surface area (Å²) >= 11 is 0. The highest BCUT2D eigenvalue weighted by molar-refractivity contribution is 5.87. The normalized spacial score (nSPS) is 10.9. The van der Waals surface area contributed by atoms with Crippen molar-refractivity contribution in [2.45, 2.75) is 0 Å². The van der Waals surface area contributed by atoms with Crippen molar-refractivity contribution in [1.82, 2.24) is 4.98 Å². The molecule has 0 saturated carbocycles. The molecule has 0 aliphatic carbocycles. The fourth-order valence-electron chi connectivity index (χ4n) is 2.21. The first kappa shape index (κ1) is 16.6. The molecule has 0 N–H and O–H groups in total. The molecule has 0 aliphatic heterocycles. The Balaban J connectivity index is 1.46. The van der Waals surface area contributed by atoms with Crippen molar-refractivity contribution in [2.75, 3.05) is 13.2 Å². The van der Waals surface area contributed by atoms with Gasteiger partial charge < -0.3 is 9.47 Å². The zero-order valence-electron chi connectivity index (χ0n) is 13.4. The maximum Gasteiger partial charge on any atom is 0.330 e. The van der Waals surface area contributed by atoms with Crippen molar-refractivity contribution in [3.63, 3.8) is 0 Å². The van der Waals surface area contributed by atoms with Crippen LogP contribution in [0.5, 0.6) is 5.75 Å². The molecule has 0 aliphatic rings. The summed E-state index contributed by atoms with van der Waals surface area (Å²) < 4.78 is 23.1. The van der Waals surface area contributed by atoms with Crippen LogP contribution in [0.3, 0.4) is 0 Å². The highest BCUT2D eigenvalue weighted by Gasteiger charge is 2.00. The first-order chi connectivity index (χ1) is 12.2. The third-order valence-corrected chi connectivity index (χ3v) is 3.42. The molecule has 4 nitrogen and oxygen atoms in total. The zero-order valence-corrected chi connectivity index (χ0v) is 13.4. The number of hydrogen-bond acceptors (Lipinski definition) is 4. The van der Waals surface area contributed by atoms with Gasteiger partial charge in [-0.25, -0.2) is 14.2 Å². The average molecular weight is 337 g/mol. The second kappa shape index (κ2) is 8.06. The van der Waals surface area contributed by atoms with Gasteiger partial charge in [-0.3, -0.25) is 0 Å². The summed E-state index contributed by atoms with van der Waals surface area (Å²) in [5, 5.41) is 1.04. The number of benzene rings is 2. The Kier molecular flexibility index (Phi) is 5.36. The molecule has 3 rings (SSSR count). The minimum absolute atomic E-state index is 0.103. The molecule has 0 saturated heterocycles. The van der Waals surface area contributed by atoms with Crippen molar-refractivity contribution in [3.8, 4) is 5.75 Å². The van der Waals surface area contributed by atoms with Crippen LogP contribution in [-0.4, -0.2) is 24.2 Å². The number of esters is 1. The number of rotatable bonds is 6. The zero-order chi connectivity index (χ0) is 17.5. The average Bonchev–Trinajstić information content (AvgIpc) is 2.65. The topological polar surface area (TPSA) is 48.4 Å². The Hall–Kier alpha value is -3.21. The molecule has 0 amide bonds. The standard InChI is InChI=1S/C20H16FNO3/c21-16-6-10-18(11-7-16)24-13-14-25-20(23)12-9-17-8-5-15-3-1-2-4-19(15)22-17/h1-12H,13-14H2/b12-9+. The largest absolute Gasteiger partial charge is 0.490 e. The summed E-state index contributed by atoms with van der Waals surface area (Å²) in [5.41, 5.74) is 1.55. The number of carbonyl (C=O) groups is 1. The summed E-state index contributed by atoms with van der Waals surface area (Å²) in [6, 6.07) is 17.2. The second-order valence-electron chi connectivity index (χ2n) is 5.23. The molecule has 2 aromatic carbocycles. The van der Waals surface area contributed by atoms with E-state index in [9.17, 15) is 9.18 Å². The second-order valence-corrected chi connectivity index (χ2v) is 5.23. The monoisotopic (exact) mass is 337 g/mol. The maximum atomic E-state index is 12.8. The van der Waals surface area contributed by atoms with Crippen LogP contribution in [-0.2, 0) is 9.53 Å². The van der Waals surface area contributed by atoms with Gasteiger partial charge in [0.25, 0.3) is 0 Å². The number of hydrogen-bond donors (Lipinski definition) is 0. The minimum atomic E-state index is -0.474. The summed E-state index contributed by atoms with van der Waals surface area (Å²) in [4.78, 5) is 16.1. The smallest absolute Gasteiger partial charge is 0.330 e. The molecular formula is C20H16FNO3. The van der Waals surface area contributed by atoms with Crippen molar-refractivity contribution in [2.24, 2.45) is 0 Å². The Morgan fingerprint density at radius 3 is 2.64 bits per heavy atom. The van der Waals surface area contributed by atoms with E-state index in [1.165, 1.54) is 30.3 Å². The SMILES string of the molecule is O=C(/C=C/c1ccc2ccccc2n1)OCCOc1ccc(F)cc1. The number of halogens is 1. The van der Waals surface area contributed by atoms with Gasteiger partial charge in [-0.15, -0.1) is 0 Å². The summed E-state index contributed by atoms with van der Waals surface area (Å²) in [5.74, 6) is -0.280. The van der Waals surface area contributed by atoms with Crippen molar-refractivity contribution in [3.05, 3.63) is 78.3 Å². The van der Waals surface area contributed by atoms with E-state index >= 15 is 0 Å². The number of pyridine rings is 1. The van der Waals surface area contributed by atoms with Crippen LogP contribution in [0.2, 0.25) is 0 Å². The number of carbonyl (C=O) groups excluding carboxylic acids is 1. The quantitative estimate of drug-likeness (QED) is 0.387. The molecule has 0 spiro atoms. The lowest BCUT2D eigenvalue weighted by atomic mass is 10.2. The Bertz CT molecular complexity index is 891. The maximum absolute atomic E-state index is 12.8. The lowest BCUT2D eigenvalue weighted by molar-refractivity contribution is -0.138. The van der Waals surface area contributed by atoms with Crippen molar-refractivity contribution in [1.29, 1.82) is 0 Å². The minimum Gasteiger partial charge on any atom is -0.490 e. The van der Waals surface area contributed by atoms with Crippen molar-refractivity contribution >= 4 is 22.9 Å². The summed E-state index contributed by atoms with van der Waals surface area (Å²) in [6.07, 6.45) is 2.94. The summed E-state index contributed by atoms with van der Waals surface area (Å²) in [7, 11) is 0. The molecule has 0 bridgehead atoms. The molecule has 1 aromatic heterocycles. The number of para-hydroxylation sites is 1. The highest BCUT2D eigenvalue weighted by atomic mass is 19.1.